The molecule has 0 spiro atoms. The molecule has 2 unspecified atom stereocenters. The first kappa shape index (κ1) is 21.4. The molecule has 0 fully saturated rings. The van der Waals surface area contributed by atoms with E-state index in [1.54, 1.807) is 6.08 Å². The molecule has 0 saturated heterocycles. The molecule has 0 saturated carbocycles. The van der Waals surface area contributed by atoms with Gasteiger partial charge < -0.3 is 4.42 Å². The molecule has 2 aliphatic rings. The van der Waals surface area contributed by atoms with Gasteiger partial charge in [0.15, 0.2) is 0 Å². The summed E-state index contributed by atoms with van der Waals surface area (Å²) in [6.07, 6.45) is 5.98. The van der Waals surface area contributed by atoms with E-state index in [4.69, 9.17) is 19.4 Å². The normalized spacial score (nSPS) is 21.3. The van der Waals surface area contributed by atoms with Crippen molar-refractivity contribution in [2.75, 3.05) is 0 Å². The summed E-state index contributed by atoms with van der Waals surface area (Å²) in [6, 6.07) is 14.7. The number of nitrogens with zero attached hydrogens (tertiary/aromatic N) is 4. The van der Waals surface area contributed by atoms with Crippen LogP contribution in [0.4, 0.5) is 0 Å². The molecule has 0 N–H and O–H groups in total. The van der Waals surface area contributed by atoms with Crippen LogP contribution in [0.15, 0.2) is 94.5 Å². The van der Waals surface area contributed by atoms with E-state index >= 15 is 0 Å². The first-order chi connectivity index (χ1) is 17.1. The summed E-state index contributed by atoms with van der Waals surface area (Å²) in [5, 5.41) is 1.89. The molecule has 2 atom stereocenters. The summed E-state index contributed by atoms with van der Waals surface area (Å²) >= 11 is 0. The average molecular weight is 459 g/mol. The minimum atomic E-state index is 0.0453. The van der Waals surface area contributed by atoms with E-state index in [0.29, 0.717) is 17.8 Å². The maximum absolute atomic E-state index is 6.07. The Morgan fingerprint density at radius 3 is 2.57 bits per heavy atom. The second kappa shape index (κ2) is 8.27. The van der Waals surface area contributed by atoms with Crippen molar-refractivity contribution in [2.24, 2.45) is 9.98 Å². The van der Waals surface area contributed by atoms with Gasteiger partial charge in [-0.15, -0.1) is 0 Å². The fourth-order valence-corrected chi connectivity index (χ4v) is 5.39. The van der Waals surface area contributed by atoms with Gasteiger partial charge in [-0.3, -0.25) is 9.98 Å². The van der Waals surface area contributed by atoms with E-state index in [0.717, 1.165) is 63.2 Å². The number of aryl methyl sites for hydroxylation is 2. The molecule has 172 valence electrons. The highest BCUT2D eigenvalue weighted by Gasteiger charge is 2.31. The highest BCUT2D eigenvalue weighted by Crippen LogP contribution is 2.39. The van der Waals surface area contributed by atoms with Gasteiger partial charge in [0.1, 0.15) is 0 Å². The monoisotopic (exact) mass is 458 g/mol. The van der Waals surface area contributed by atoms with E-state index in [1.165, 1.54) is 5.56 Å². The van der Waals surface area contributed by atoms with Crippen molar-refractivity contribution < 1.29 is 4.42 Å². The number of benzene rings is 1. The lowest BCUT2D eigenvalue weighted by atomic mass is 9.79. The maximum Gasteiger partial charge on any atom is 0.229 e. The molecule has 0 amide bonds. The number of aromatic nitrogens is 2. The average Bonchev–Trinajstić information content (AvgIpc) is 3.21. The number of fused-ring (bicyclic) bond motifs is 7. The van der Waals surface area contributed by atoms with Gasteiger partial charge in [0.25, 0.3) is 0 Å². The van der Waals surface area contributed by atoms with Crippen LogP contribution in [-0.2, 0) is 6.42 Å². The van der Waals surface area contributed by atoms with Gasteiger partial charge in [0.05, 0.1) is 28.5 Å². The van der Waals surface area contributed by atoms with Gasteiger partial charge >= 0.3 is 0 Å². The molecule has 2 aliphatic heterocycles. The second-order valence-electron chi connectivity index (χ2n) is 9.23. The highest BCUT2D eigenvalue weighted by molar-refractivity contribution is 6.13. The van der Waals surface area contributed by atoms with Crippen LogP contribution in [0.1, 0.15) is 46.8 Å². The van der Waals surface area contributed by atoms with Crippen molar-refractivity contribution in [1.82, 2.24) is 9.97 Å². The van der Waals surface area contributed by atoms with E-state index in [1.807, 2.05) is 25.1 Å². The summed E-state index contributed by atoms with van der Waals surface area (Å²) in [5.41, 5.74) is 8.97. The molecule has 0 aliphatic carbocycles. The Hall–Kier alpha value is -4.12. The van der Waals surface area contributed by atoms with Gasteiger partial charge in [0.2, 0.25) is 11.4 Å². The van der Waals surface area contributed by atoms with Crippen LogP contribution in [0.25, 0.3) is 22.2 Å². The molecular formula is C30H26N4O. The Kier molecular flexibility index (Phi) is 5.06. The summed E-state index contributed by atoms with van der Waals surface area (Å²) in [6.45, 7) is 14.3. The van der Waals surface area contributed by atoms with Crippen molar-refractivity contribution in [1.29, 1.82) is 0 Å². The van der Waals surface area contributed by atoms with Crippen LogP contribution in [0.5, 0.6) is 0 Å². The SMILES string of the molecule is C=CC1=NC2CC(=C)/N=C(/C=C)c3cc4c(nc3CCC2c2ccccc21)oc1nc(C)ccc14. The molecule has 1 aromatic carbocycles. The first-order valence-electron chi connectivity index (χ1n) is 11.9. The van der Waals surface area contributed by atoms with E-state index in [9.17, 15) is 0 Å². The van der Waals surface area contributed by atoms with E-state index in [-0.39, 0.29) is 12.0 Å². The lowest BCUT2D eigenvalue weighted by Gasteiger charge is -2.32. The van der Waals surface area contributed by atoms with Crippen LogP contribution >= 0.6 is 0 Å². The molecular weight excluding hydrogens is 432 g/mol. The zero-order valence-electron chi connectivity index (χ0n) is 19.8. The summed E-state index contributed by atoms with van der Waals surface area (Å²) in [5.74, 6) is 0.234. The van der Waals surface area contributed by atoms with Gasteiger partial charge in [-0.2, -0.15) is 0 Å². The van der Waals surface area contributed by atoms with Crippen molar-refractivity contribution >= 4 is 33.6 Å². The minimum Gasteiger partial charge on any atom is -0.419 e. The van der Waals surface area contributed by atoms with Crippen molar-refractivity contribution in [3.63, 3.8) is 0 Å². The van der Waals surface area contributed by atoms with E-state index in [2.05, 4.69) is 55.1 Å². The van der Waals surface area contributed by atoms with Gasteiger partial charge in [-0.1, -0.05) is 44.0 Å². The quantitative estimate of drug-likeness (QED) is 0.338. The second-order valence-corrected chi connectivity index (χ2v) is 9.23. The molecule has 0 radical (unpaired) electrons. The van der Waals surface area contributed by atoms with Crippen molar-refractivity contribution in [3.8, 4) is 0 Å². The first-order valence-corrected chi connectivity index (χ1v) is 11.9. The molecule has 5 nitrogen and oxygen atoms in total. The number of furan rings is 1. The third-order valence-electron chi connectivity index (χ3n) is 7.03. The zero-order chi connectivity index (χ0) is 24.1. The maximum atomic E-state index is 6.07. The smallest absolute Gasteiger partial charge is 0.229 e. The fraction of sp³-hybridized carbons (Fsp3) is 0.200. The number of allylic oxidation sites excluding steroid dienone is 2. The number of rotatable bonds is 2. The standard InChI is InChI=1S/C30H26N4O/c1-5-25-20-10-8-7-9-19(20)21-13-14-27-24(26(6-2)31-18(4)15-28(21)33-25)16-23-22-12-11-17(3)32-29(22)35-30(23)34-27/h5-12,16,21,28H,1-2,4,13-15H2,3H3/b31-26-. The Morgan fingerprint density at radius 1 is 0.943 bits per heavy atom. The third-order valence-corrected chi connectivity index (χ3v) is 7.03. The zero-order valence-corrected chi connectivity index (χ0v) is 19.8. The van der Waals surface area contributed by atoms with Crippen molar-refractivity contribution in [2.45, 2.75) is 38.1 Å². The predicted octanol–water partition coefficient (Wildman–Crippen LogP) is 6.65. The third kappa shape index (κ3) is 3.55. The fourth-order valence-electron chi connectivity index (χ4n) is 5.39. The highest BCUT2D eigenvalue weighted by atomic mass is 16.3. The molecule has 5 heteroatoms. The predicted molar refractivity (Wildman–Crippen MR) is 143 cm³/mol. The minimum absolute atomic E-state index is 0.0453. The topological polar surface area (TPSA) is 63.6 Å². The summed E-state index contributed by atoms with van der Waals surface area (Å²) in [4.78, 5) is 19.5. The Balaban J connectivity index is 1.53. The Labute approximate surface area is 204 Å². The van der Waals surface area contributed by atoms with Gasteiger partial charge in [-0.25, -0.2) is 9.97 Å². The Morgan fingerprint density at radius 2 is 1.74 bits per heavy atom. The largest absolute Gasteiger partial charge is 0.419 e. The van der Waals surface area contributed by atoms with Crippen LogP contribution in [0.2, 0.25) is 0 Å². The molecule has 4 aromatic rings. The number of pyridine rings is 2. The summed E-state index contributed by atoms with van der Waals surface area (Å²) in [7, 11) is 0. The van der Waals surface area contributed by atoms with Gasteiger partial charge in [0, 0.05) is 40.2 Å². The van der Waals surface area contributed by atoms with Crippen LogP contribution in [0.3, 0.4) is 0 Å². The number of hydrogen-bond acceptors (Lipinski definition) is 5. The molecule has 35 heavy (non-hydrogen) atoms. The van der Waals surface area contributed by atoms with Crippen LogP contribution in [0, 0.1) is 6.92 Å². The Bertz CT molecular complexity index is 1600. The molecule has 5 heterocycles. The lowest BCUT2D eigenvalue weighted by molar-refractivity contribution is 0.487. The van der Waals surface area contributed by atoms with E-state index < -0.39 is 0 Å². The molecule has 3 aromatic heterocycles. The van der Waals surface area contributed by atoms with Crippen molar-refractivity contribution in [3.05, 3.63) is 108 Å². The molecule has 0 bridgehead atoms. The van der Waals surface area contributed by atoms with Gasteiger partial charge in [-0.05, 0) is 55.7 Å². The molecule has 6 rings (SSSR count). The number of hydrogen-bond donors (Lipinski definition) is 0. The number of aliphatic imine (C=N–C) groups is 2. The van der Waals surface area contributed by atoms with Crippen LogP contribution in [-0.4, -0.2) is 27.4 Å². The van der Waals surface area contributed by atoms with Crippen LogP contribution < -0.4 is 0 Å². The lowest BCUT2D eigenvalue weighted by Crippen LogP contribution is -2.27. The summed E-state index contributed by atoms with van der Waals surface area (Å²) < 4.78 is 6.07.